The average Bonchev–Trinajstić information content (AvgIpc) is 2.88. The van der Waals surface area contributed by atoms with Gasteiger partial charge in [0.2, 0.25) is 5.91 Å². The molecule has 1 fully saturated rings. The number of carboxylic acid groups (broad SMARTS) is 1. The van der Waals surface area contributed by atoms with Crippen LogP contribution in [-0.4, -0.2) is 30.1 Å². The Bertz CT molecular complexity index is 652. The van der Waals surface area contributed by atoms with Gasteiger partial charge in [-0.15, -0.1) is 11.3 Å². The summed E-state index contributed by atoms with van der Waals surface area (Å²) in [5.41, 5.74) is 1.25. The zero-order chi connectivity index (χ0) is 17.9. The number of aryl methyl sites for hydroxylation is 1. The van der Waals surface area contributed by atoms with Crippen LogP contribution >= 0.6 is 11.3 Å². The first-order chi connectivity index (χ1) is 11.4. The molecule has 0 aromatic carbocycles. The summed E-state index contributed by atoms with van der Waals surface area (Å²) in [7, 11) is 1.31. The van der Waals surface area contributed by atoms with Gasteiger partial charge < -0.3 is 15.2 Å². The molecule has 0 radical (unpaired) electrons. The molecule has 1 aromatic heterocycles. The Balaban J connectivity index is 2.28. The van der Waals surface area contributed by atoms with Crippen LogP contribution < -0.4 is 5.32 Å². The number of anilines is 1. The van der Waals surface area contributed by atoms with Crippen LogP contribution in [-0.2, 0) is 20.7 Å². The Morgan fingerprint density at radius 3 is 2.42 bits per heavy atom. The van der Waals surface area contributed by atoms with Gasteiger partial charge in [0.1, 0.15) is 5.00 Å². The van der Waals surface area contributed by atoms with Crippen molar-refractivity contribution in [2.75, 3.05) is 12.4 Å². The Hall–Kier alpha value is -1.89. The summed E-state index contributed by atoms with van der Waals surface area (Å²) in [6, 6.07) is 0. The van der Waals surface area contributed by atoms with Gasteiger partial charge >= 0.3 is 11.9 Å². The van der Waals surface area contributed by atoms with Crippen molar-refractivity contribution < 1.29 is 24.2 Å². The molecule has 1 aliphatic rings. The van der Waals surface area contributed by atoms with Crippen LogP contribution in [0.25, 0.3) is 0 Å². The zero-order valence-electron chi connectivity index (χ0n) is 14.2. The van der Waals surface area contributed by atoms with Gasteiger partial charge in [-0.1, -0.05) is 19.8 Å². The first-order valence-electron chi connectivity index (χ1n) is 8.14. The maximum Gasteiger partial charge on any atom is 0.341 e. The number of ether oxygens (including phenoxy) is 1. The van der Waals surface area contributed by atoms with Gasteiger partial charge in [0.15, 0.2) is 0 Å². The third-order valence-corrected chi connectivity index (χ3v) is 5.67. The second-order valence-electron chi connectivity index (χ2n) is 6.01. The highest BCUT2D eigenvalue weighted by Gasteiger charge is 2.36. The first kappa shape index (κ1) is 18.4. The predicted molar refractivity (Wildman–Crippen MR) is 91.5 cm³/mol. The fourth-order valence-corrected chi connectivity index (χ4v) is 4.49. The lowest BCUT2D eigenvalue weighted by Gasteiger charge is -2.27. The number of methoxy groups -OCH3 is 1. The lowest BCUT2D eigenvalue weighted by molar-refractivity contribution is -0.147. The van der Waals surface area contributed by atoms with Crippen molar-refractivity contribution in [2.45, 2.75) is 46.0 Å². The molecular formula is C17H23NO5S. The summed E-state index contributed by atoms with van der Waals surface area (Å²) in [4.78, 5) is 37.1. The standard InChI is InChI=1S/C17H23NO5S/c1-4-10-9(2)24-15(13(10)17(22)23-3)18-14(19)11-7-5-6-8-12(11)16(20)21/h11-12H,4-8H2,1-3H3,(H,18,19)(H,20,21)/t11-,12-/m1/s1. The SMILES string of the molecule is CCc1c(C)sc(NC(=O)[C@@H]2CCCC[C@H]2C(=O)O)c1C(=O)OC. The van der Waals surface area contributed by atoms with Crippen molar-refractivity contribution in [1.29, 1.82) is 0 Å². The van der Waals surface area contributed by atoms with Crippen LogP contribution in [0.1, 0.15) is 53.4 Å². The normalized spacial score (nSPS) is 20.5. The minimum Gasteiger partial charge on any atom is -0.481 e. The second kappa shape index (κ2) is 7.79. The highest BCUT2D eigenvalue weighted by molar-refractivity contribution is 7.16. The average molecular weight is 353 g/mol. The summed E-state index contributed by atoms with van der Waals surface area (Å²) in [5.74, 6) is -2.96. The first-order valence-corrected chi connectivity index (χ1v) is 8.96. The number of nitrogens with one attached hydrogen (secondary N) is 1. The molecule has 1 heterocycles. The topological polar surface area (TPSA) is 92.7 Å². The molecule has 0 aliphatic heterocycles. The number of thiophene rings is 1. The van der Waals surface area contributed by atoms with Crippen molar-refractivity contribution in [2.24, 2.45) is 11.8 Å². The molecule has 24 heavy (non-hydrogen) atoms. The van der Waals surface area contributed by atoms with Gasteiger partial charge in [0, 0.05) is 4.88 Å². The van der Waals surface area contributed by atoms with E-state index in [1.54, 1.807) is 0 Å². The molecule has 7 heteroatoms. The van der Waals surface area contributed by atoms with E-state index in [0.29, 0.717) is 29.8 Å². The molecule has 1 aromatic rings. The van der Waals surface area contributed by atoms with Crippen molar-refractivity contribution in [1.82, 2.24) is 0 Å². The third kappa shape index (κ3) is 3.61. The van der Waals surface area contributed by atoms with E-state index in [0.717, 1.165) is 23.3 Å². The highest BCUT2D eigenvalue weighted by atomic mass is 32.1. The quantitative estimate of drug-likeness (QED) is 0.793. The summed E-state index contributed by atoms with van der Waals surface area (Å²) >= 11 is 1.33. The van der Waals surface area contributed by atoms with E-state index in [1.807, 2.05) is 13.8 Å². The molecule has 132 valence electrons. The molecule has 0 saturated heterocycles. The van der Waals surface area contributed by atoms with E-state index in [2.05, 4.69) is 5.32 Å². The molecule has 2 N–H and O–H groups in total. The molecule has 2 rings (SSSR count). The molecule has 1 amide bonds. The fraction of sp³-hybridized carbons (Fsp3) is 0.588. The van der Waals surface area contributed by atoms with Gasteiger partial charge in [0.05, 0.1) is 24.5 Å². The molecule has 0 unspecified atom stereocenters. The van der Waals surface area contributed by atoms with E-state index >= 15 is 0 Å². The second-order valence-corrected chi connectivity index (χ2v) is 7.24. The largest absolute Gasteiger partial charge is 0.481 e. The summed E-state index contributed by atoms with van der Waals surface area (Å²) in [6.45, 7) is 3.83. The minimum atomic E-state index is -0.931. The van der Waals surface area contributed by atoms with Gasteiger partial charge in [0.25, 0.3) is 0 Å². The molecule has 0 spiro atoms. The molecular weight excluding hydrogens is 330 g/mol. The number of carbonyl (C=O) groups excluding carboxylic acids is 2. The maximum atomic E-state index is 12.6. The van der Waals surface area contributed by atoms with Gasteiger partial charge in [-0.05, 0) is 31.7 Å². The maximum absolute atomic E-state index is 12.6. The molecule has 1 saturated carbocycles. The Morgan fingerprint density at radius 2 is 1.88 bits per heavy atom. The Kier molecular flexibility index (Phi) is 5.99. The number of carbonyl (C=O) groups is 3. The summed E-state index contributed by atoms with van der Waals surface area (Å²) < 4.78 is 4.84. The smallest absolute Gasteiger partial charge is 0.341 e. The lowest BCUT2D eigenvalue weighted by Crippen LogP contribution is -2.36. The van der Waals surface area contributed by atoms with E-state index in [-0.39, 0.29) is 5.91 Å². The van der Waals surface area contributed by atoms with Crippen LogP contribution in [0.2, 0.25) is 0 Å². The Morgan fingerprint density at radius 1 is 1.25 bits per heavy atom. The van der Waals surface area contributed by atoms with Gasteiger partial charge in [-0.2, -0.15) is 0 Å². The molecule has 0 bridgehead atoms. The van der Waals surface area contributed by atoms with Crippen molar-refractivity contribution in [3.63, 3.8) is 0 Å². The molecule has 2 atom stereocenters. The number of esters is 1. The number of rotatable bonds is 5. The van der Waals surface area contributed by atoms with E-state index in [9.17, 15) is 19.5 Å². The number of carboxylic acids is 1. The van der Waals surface area contributed by atoms with Crippen LogP contribution in [0.3, 0.4) is 0 Å². The van der Waals surface area contributed by atoms with Crippen LogP contribution in [0.15, 0.2) is 0 Å². The lowest BCUT2D eigenvalue weighted by atomic mass is 9.79. The third-order valence-electron chi connectivity index (χ3n) is 4.61. The van der Waals surface area contributed by atoms with Crippen molar-refractivity contribution >= 4 is 34.2 Å². The van der Waals surface area contributed by atoms with E-state index < -0.39 is 23.8 Å². The fourth-order valence-electron chi connectivity index (χ4n) is 3.36. The van der Waals surface area contributed by atoms with Crippen molar-refractivity contribution in [3.8, 4) is 0 Å². The highest BCUT2D eigenvalue weighted by Crippen LogP contribution is 2.36. The monoisotopic (exact) mass is 353 g/mol. The number of aliphatic carboxylic acids is 1. The zero-order valence-corrected chi connectivity index (χ0v) is 15.0. The van der Waals surface area contributed by atoms with Crippen LogP contribution in [0.4, 0.5) is 5.00 Å². The molecule has 1 aliphatic carbocycles. The van der Waals surface area contributed by atoms with Crippen LogP contribution in [0, 0.1) is 18.8 Å². The molecule has 6 nitrogen and oxygen atoms in total. The number of hydrogen-bond acceptors (Lipinski definition) is 5. The van der Waals surface area contributed by atoms with E-state index in [4.69, 9.17) is 4.74 Å². The minimum absolute atomic E-state index is 0.323. The number of hydrogen-bond donors (Lipinski definition) is 2. The van der Waals surface area contributed by atoms with Crippen molar-refractivity contribution in [3.05, 3.63) is 16.0 Å². The number of amides is 1. The van der Waals surface area contributed by atoms with Gasteiger partial charge in [-0.3, -0.25) is 9.59 Å². The van der Waals surface area contributed by atoms with Gasteiger partial charge in [-0.25, -0.2) is 4.79 Å². The Labute approximate surface area is 145 Å². The summed E-state index contributed by atoms with van der Waals surface area (Å²) in [6.07, 6.45) is 3.40. The van der Waals surface area contributed by atoms with Crippen LogP contribution in [0.5, 0.6) is 0 Å². The van der Waals surface area contributed by atoms with E-state index in [1.165, 1.54) is 18.4 Å². The summed E-state index contributed by atoms with van der Waals surface area (Å²) in [5, 5.41) is 12.6. The predicted octanol–water partition coefficient (Wildman–Crippen LogP) is 3.24.